The number of fused-ring (bicyclic) bond motifs is 4. The van der Waals surface area contributed by atoms with Gasteiger partial charge in [0.05, 0.1) is 5.41 Å². The second-order valence-corrected chi connectivity index (χ2v) is 12.5. The summed E-state index contributed by atoms with van der Waals surface area (Å²) in [6.07, 6.45) is 5.67. The lowest BCUT2D eigenvalue weighted by Crippen LogP contribution is -2.54. The van der Waals surface area contributed by atoms with Crippen LogP contribution in [0.2, 0.25) is 0 Å². The van der Waals surface area contributed by atoms with Gasteiger partial charge in [-0.25, -0.2) is 4.39 Å². The molecule has 35 heavy (non-hydrogen) atoms. The van der Waals surface area contributed by atoms with Crippen LogP contribution >= 0.6 is 15.9 Å². The van der Waals surface area contributed by atoms with Gasteiger partial charge in [-0.1, -0.05) is 27.2 Å². The number of nitrogens with zero attached hydrogens (tertiary/aromatic N) is 3. The van der Waals surface area contributed by atoms with Crippen molar-refractivity contribution in [3.8, 4) is 0 Å². The molecule has 0 radical (unpaired) electrons. The van der Waals surface area contributed by atoms with E-state index in [0.29, 0.717) is 31.6 Å². The molecule has 0 aliphatic heterocycles. The molecule has 0 spiro atoms. The van der Waals surface area contributed by atoms with Crippen LogP contribution in [0, 0.1) is 16.7 Å². The number of hydrogen-bond acceptors (Lipinski definition) is 4. The molecule has 6 aliphatic carbocycles. The Balaban J connectivity index is 1.24. The maximum atomic E-state index is 14.3. The minimum Gasteiger partial charge on any atom is -0.333 e. The van der Waals surface area contributed by atoms with Gasteiger partial charge in [-0.2, -0.15) is 13.8 Å². The second-order valence-electron chi connectivity index (χ2n) is 11.6. The maximum Gasteiger partial charge on any atom is 0.322 e. The molecule has 0 saturated heterocycles. The summed E-state index contributed by atoms with van der Waals surface area (Å²) in [6.45, 7) is 1.35. The first-order valence-corrected chi connectivity index (χ1v) is 13.3. The molecule has 1 atom stereocenters. The third kappa shape index (κ3) is 3.75. The molecular weight excluding hydrogens is 523 g/mol. The molecule has 1 heterocycles. The molecule has 5 nitrogen and oxygen atoms in total. The summed E-state index contributed by atoms with van der Waals surface area (Å²) in [6, 6.07) is 7.78. The normalized spacial score (nSPS) is 35.7. The minimum atomic E-state index is -3.15. The van der Waals surface area contributed by atoms with Gasteiger partial charge in [0, 0.05) is 29.0 Å². The Kier molecular flexibility index (Phi) is 5.23. The van der Waals surface area contributed by atoms with Gasteiger partial charge in [0.1, 0.15) is 6.17 Å². The molecule has 8 rings (SSSR count). The van der Waals surface area contributed by atoms with Crippen LogP contribution in [0.5, 0.6) is 0 Å². The molecule has 188 valence electrons. The zero-order valence-corrected chi connectivity index (χ0v) is 21.3. The lowest BCUT2D eigenvalue weighted by atomic mass is 9.53. The van der Waals surface area contributed by atoms with E-state index in [-0.39, 0.29) is 22.7 Å². The number of carbonyl (C=O) groups excluding carboxylic acids is 1. The van der Waals surface area contributed by atoms with E-state index in [1.54, 1.807) is 0 Å². The average molecular weight is 552 g/mol. The van der Waals surface area contributed by atoms with Gasteiger partial charge in [0.15, 0.2) is 5.82 Å². The van der Waals surface area contributed by atoms with Gasteiger partial charge < -0.3 is 9.42 Å². The molecule has 6 saturated carbocycles. The van der Waals surface area contributed by atoms with Crippen molar-refractivity contribution in [1.29, 1.82) is 0 Å². The van der Waals surface area contributed by atoms with Crippen molar-refractivity contribution in [3.63, 3.8) is 0 Å². The summed E-state index contributed by atoms with van der Waals surface area (Å²) in [4.78, 5) is 19.9. The SMILES string of the molecule is CC(F)(F)c1nc(C23CCC(CN(C(=O)C45CC(F)C(C4)C5)c4cccc(Br)c4)(CC2)CC3)no1. The lowest BCUT2D eigenvalue weighted by molar-refractivity contribution is -0.132. The topological polar surface area (TPSA) is 59.2 Å². The number of amides is 1. The van der Waals surface area contributed by atoms with Crippen molar-refractivity contribution >= 4 is 27.5 Å². The molecule has 6 fully saturated rings. The third-order valence-electron chi connectivity index (χ3n) is 9.39. The van der Waals surface area contributed by atoms with E-state index in [9.17, 15) is 18.0 Å². The predicted molar refractivity (Wildman–Crippen MR) is 127 cm³/mol. The van der Waals surface area contributed by atoms with Crippen LogP contribution in [0.1, 0.15) is 76.4 Å². The van der Waals surface area contributed by atoms with Crippen LogP contribution < -0.4 is 4.90 Å². The molecule has 1 amide bonds. The zero-order chi connectivity index (χ0) is 24.6. The Labute approximate surface area is 211 Å². The Morgan fingerprint density at radius 2 is 1.86 bits per heavy atom. The van der Waals surface area contributed by atoms with E-state index in [0.717, 1.165) is 55.6 Å². The van der Waals surface area contributed by atoms with Crippen LogP contribution in [0.15, 0.2) is 33.3 Å². The fourth-order valence-corrected chi connectivity index (χ4v) is 7.55. The molecule has 1 aromatic heterocycles. The number of anilines is 1. The summed E-state index contributed by atoms with van der Waals surface area (Å²) in [7, 11) is 0. The number of aromatic nitrogens is 2. The summed E-state index contributed by atoms with van der Waals surface area (Å²) in [5.41, 5.74) is -0.127. The number of hydrogen-bond donors (Lipinski definition) is 0. The molecule has 1 aromatic carbocycles. The van der Waals surface area contributed by atoms with Crippen LogP contribution in [-0.2, 0) is 16.1 Å². The van der Waals surface area contributed by atoms with E-state index < -0.39 is 23.4 Å². The van der Waals surface area contributed by atoms with Crippen molar-refractivity contribution in [1.82, 2.24) is 10.1 Å². The van der Waals surface area contributed by atoms with Crippen molar-refractivity contribution < 1.29 is 22.5 Å². The smallest absolute Gasteiger partial charge is 0.322 e. The van der Waals surface area contributed by atoms with E-state index >= 15 is 0 Å². The molecule has 0 N–H and O–H groups in total. The Hall–Kier alpha value is -1.90. The van der Waals surface area contributed by atoms with Gasteiger partial charge >= 0.3 is 5.92 Å². The van der Waals surface area contributed by atoms with Crippen LogP contribution in [0.4, 0.5) is 18.9 Å². The first-order chi connectivity index (χ1) is 16.5. The molecule has 4 bridgehead atoms. The maximum absolute atomic E-state index is 14.3. The summed E-state index contributed by atoms with van der Waals surface area (Å²) in [5, 5.41) is 3.95. The van der Waals surface area contributed by atoms with Crippen LogP contribution in [0.25, 0.3) is 0 Å². The van der Waals surface area contributed by atoms with Gasteiger partial charge in [-0.3, -0.25) is 4.79 Å². The number of benzene rings is 1. The van der Waals surface area contributed by atoms with E-state index in [1.807, 2.05) is 29.2 Å². The largest absolute Gasteiger partial charge is 0.333 e. The van der Waals surface area contributed by atoms with Crippen molar-refractivity contribution in [2.45, 2.75) is 82.2 Å². The van der Waals surface area contributed by atoms with Gasteiger partial charge in [0.2, 0.25) is 5.91 Å². The van der Waals surface area contributed by atoms with Crippen LogP contribution in [-0.4, -0.2) is 28.8 Å². The summed E-state index contributed by atoms with van der Waals surface area (Å²) >= 11 is 3.53. The fourth-order valence-electron chi connectivity index (χ4n) is 7.17. The highest BCUT2D eigenvalue weighted by Crippen LogP contribution is 2.62. The number of alkyl halides is 3. The average Bonchev–Trinajstić information content (AvgIpc) is 3.51. The van der Waals surface area contributed by atoms with Gasteiger partial charge in [-0.05, 0) is 87.3 Å². The first-order valence-electron chi connectivity index (χ1n) is 12.5. The van der Waals surface area contributed by atoms with E-state index in [4.69, 9.17) is 4.52 Å². The van der Waals surface area contributed by atoms with Crippen molar-refractivity contribution in [3.05, 3.63) is 40.5 Å². The number of halogens is 4. The van der Waals surface area contributed by atoms with E-state index in [1.165, 1.54) is 0 Å². The highest BCUT2D eigenvalue weighted by Gasteiger charge is 2.62. The van der Waals surface area contributed by atoms with Crippen molar-refractivity contribution in [2.24, 2.45) is 16.7 Å². The fraction of sp³-hybridized carbons (Fsp3) is 0.654. The molecular formula is C26H29BrF3N3O2. The third-order valence-corrected chi connectivity index (χ3v) is 9.89. The monoisotopic (exact) mass is 551 g/mol. The second kappa shape index (κ2) is 7.80. The highest BCUT2D eigenvalue weighted by molar-refractivity contribution is 9.10. The Morgan fingerprint density at radius 1 is 1.17 bits per heavy atom. The molecule has 2 aromatic rings. The van der Waals surface area contributed by atoms with E-state index in [2.05, 4.69) is 26.1 Å². The quantitative estimate of drug-likeness (QED) is 0.400. The predicted octanol–water partition coefficient (Wildman–Crippen LogP) is 6.71. The highest BCUT2D eigenvalue weighted by atomic mass is 79.9. The number of carbonyl (C=O) groups is 1. The Bertz CT molecular complexity index is 1130. The van der Waals surface area contributed by atoms with Gasteiger partial charge in [-0.15, -0.1) is 0 Å². The first kappa shape index (κ1) is 23.5. The lowest BCUT2D eigenvalue weighted by Gasteiger charge is -2.54. The van der Waals surface area contributed by atoms with Crippen molar-refractivity contribution in [2.75, 3.05) is 11.4 Å². The van der Waals surface area contributed by atoms with Gasteiger partial charge in [0.25, 0.3) is 5.89 Å². The summed E-state index contributed by atoms with van der Waals surface area (Å²) in [5.74, 6) is -3.31. The molecule has 6 aliphatic rings. The van der Waals surface area contributed by atoms with Crippen LogP contribution in [0.3, 0.4) is 0 Å². The molecule has 9 heteroatoms. The Morgan fingerprint density at radius 3 is 2.40 bits per heavy atom. The molecule has 1 unspecified atom stereocenters. The standard InChI is InChI=1S/C26H29BrF3N3O2/c1-23(29,30)21-31-20(32-35-21)25-8-5-24(6-9-25,7-10-25)15-33(18-4-2-3-17(27)11-18)22(34)26-12-16(13-26)19(28)14-26/h2-4,11,16,19H,5-10,12-15H2,1H3. The zero-order valence-electron chi connectivity index (χ0n) is 19.7. The number of rotatable bonds is 6. The minimum absolute atomic E-state index is 0.0294. The summed E-state index contributed by atoms with van der Waals surface area (Å²) < 4.78 is 47.5.